The lowest BCUT2D eigenvalue weighted by molar-refractivity contribution is -0.383. The Hall–Kier alpha value is -3.42. The molecule has 5 N–H and O–H groups in total. The van der Waals surface area contributed by atoms with Gasteiger partial charge in [-0.3, -0.25) is 14.9 Å². The molecule has 0 amide bonds. The quantitative estimate of drug-likeness (QED) is 0.176. The third-order valence-corrected chi connectivity index (χ3v) is 5.55. The summed E-state index contributed by atoms with van der Waals surface area (Å²) >= 11 is 0. The van der Waals surface area contributed by atoms with Gasteiger partial charge in [-0.25, -0.2) is 0 Å². The molecular formula is C20H26N4O8S. The molecular weight excluding hydrogens is 456 g/mol. The molecule has 0 unspecified atom stereocenters. The van der Waals surface area contributed by atoms with Crippen LogP contribution >= 0.6 is 0 Å². The normalized spacial score (nSPS) is 11.5. The Labute approximate surface area is 189 Å². The van der Waals surface area contributed by atoms with Crippen molar-refractivity contribution in [3.8, 4) is 11.5 Å². The number of aromatic hydroxyl groups is 1. The fraction of sp³-hybridized carbons (Fsp3) is 0.350. The number of anilines is 1. The van der Waals surface area contributed by atoms with Crippen LogP contribution in [0.2, 0.25) is 0 Å². The second kappa shape index (κ2) is 10.0. The average Bonchev–Trinajstić information content (AvgIpc) is 2.71. The van der Waals surface area contributed by atoms with E-state index in [2.05, 4.69) is 15.2 Å². The molecule has 0 saturated carbocycles. The highest BCUT2D eigenvalue weighted by Gasteiger charge is 2.26. The van der Waals surface area contributed by atoms with Crippen molar-refractivity contribution in [3.05, 3.63) is 44.6 Å². The molecule has 0 saturated heterocycles. The zero-order valence-corrected chi connectivity index (χ0v) is 19.2. The number of nitro benzene ring substituents is 1. The number of aromatic amines is 1. The summed E-state index contributed by atoms with van der Waals surface area (Å²) < 4.78 is 28.7. The lowest BCUT2D eigenvalue weighted by Gasteiger charge is -2.20. The number of fused-ring (bicyclic) bond motifs is 2. The van der Waals surface area contributed by atoms with Gasteiger partial charge in [0.1, 0.15) is 11.3 Å². The van der Waals surface area contributed by atoms with Gasteiger partial charge in [0.2, 0.25) is 0 Å². The lowest BCUT2D eigenvalue weighted by atomic mass is 10.1. The molecule has 0 spiro atoms. The fourth-order valence-corrected chi connectivity index (χ4v) is 3.98. The van der Waals surface area contributed by atoms with Gasteiger partial charge < -0.3 is 30.0 Å². The van der Waals surface area contributed by atoms with Gasteiger partial charge in [0, 0.05) is 18.5 Å². The van der Waals surface area contributed by atoms with E-state index in [4.69, 9.17) is 4.18 Å². The molecule has 13 heteroatoms. The van der Waals surface area contributed by atoms with Crippen LogP contribution in [0.4, 0.5) is 11.4 Å². The molecule has 33 heavy (non-hydrogen) atoms. The van der Waals surface area contributed by atoms with Crippen molar-refractivity contribution in [3.63, 3.8) is 0 Å². The van der Waals surface area contributed by atoms with E-state index in [1.807, 2.05) is 13.8 Å². The second-order valence-corrected chi connectivity index (χ2v) is 8.78. The van der Waals surface area contributed by atoms with Gasteiger partial charge in [-0.2, -0.15) is 8.42 Å². The number of rotatable bonds is 9. The molecule has 0 atom stereocenters. The third-order valence-electron chi connectivity index (χ3n) is 5.07. The minimum absolute atomic E-state index is 0. The molecule has 0 fully saturated rings. The Bertz CT molecular complexity index is 1350. The van der Waals surface area contributed by atoms with Crippen LogP contribution in [-0.2, 0) is 10.1 Å². The summed E-state index contributed by atoms with van der Waals surface area (Å²) in [5.74, 6) is -0.507. The average molecular weight is 483 g/mol. The van der Waals surface area contributed by atoms with Crippen molar-refractivity contribution in [2.45, 2.75) is 13.8 Å². The predicted octanol–water partition coefficient (Wildman–Crippen LogP) is 1.56. The summed E-state index contributed by atoms with van der Waals surface area (Å²) in [4.78, 5) is 29.3. The van der Waals surface area contributed by atoms with E-state index in [0.29, 0.717) is 13.1 Å². The monoisotopic (exact) mass is 482 g/mol. The zero-order valence-electron chi connectivity index (χ0n) is 18.3. The number of benzene rings is 2. The van der Waals surface area contributed by atoms with Crippen LogP contribution in [-0.4, -0.2) is 66.2 Å². The summed E-state index contributed by atoms with van der Waals surface area (Å²) in [7, 11) is -4.05. The van der Waals surface area contributed by atoms with Gasteiger partial charge in [0.05, 0.1) is 33.8 Å². The van der Waals surface area contributed by atoms with Gasteiger partial charge in [-0.15, -0.1) is 0 Å². The number of non-ortho nitro benzene ring substituents is 1. The second-order valence-electron chi connectivity index (χ2n) is 7.20. The first-order chi connectivity index (χ1) is 15.1. The number of hydrogen-bond acceptors (Lipinski definition) is 9. The molecule has 12 nitrogen and oxygen atoms in total. The summed E-state index contributed by atoms with van der Waals surface area (Å²) in [5.41, 5.74) is -0.898. The minimum Gasteiger partial charge on any atom is -0.508 e. The van der Waals surface area contributed by atoms with Gasteiger partial charge in [-0.05, 0) is 31.3 Å². The number of nitro groups is 1. The maximum Gasteiger partial charge on any atom is 0.306 e. The topological polar surface area (TPSA) is 186 Å². The number of aromatic nitrogens is 1. The molecule has 180 valence electrons. The van der Waals surface area contributed by atoms with Crippen LogP contribution in [0, 0.1) is 10.1 Å². The highest BCUT2D eigenvalue weighted by atomic mass is 32.2. The summed E-state index contributed by atoms with van der Waals surface area (Å²) in [5, 5.41) is 24.5. The number of nitrogens with one attached hydrogen (secondary N) is 2. The number of nitrogens with zero attached hydrogens (tertiary/aromatic N) is 2. The van der Waals surface area contributed by atoms with E-state index in [1.165, 1.54) is 18.2 Å². The van der Waals surface area contributed by atoms with Crippen molar-refractivity contribution >= 4 is 43.3 Å². The maximum atomic E-state index is 13.4. The SMILES string of the molecule is CCN(CC)CCNc1c(OS(C)(=O)=O)cc([N+](=O)[O-])c2[nH]c3ccc(O)cc3c(=O)c12.O. The van der Waals surface area contributed by atoms with E-state index < -0.39 is 26.2 Å². The highest BCUT2D eigenvalue weighted by Crippen LogP contribution is 2.39. The zero-order chi connectivity index (χ0) is 23.6. The van der Waals surface area contributed by atoms with Gasteiger partial charge in [0.15, 0.2) is 11.2 Å². The van der Waals surface area contributed by atoms with Crippen LogP contribution in [0.25, 0.3) is 21.8 Å². The molecule has 0 aliphatic carbocycles. The predicted molar refractivity (Wildman–Crippen MR) is 126 cm³/mol. The smallest absolute Gasteiger partial charge is 0.306 e. The lowest BCUT2D eigenvalue weighted by Crippen LogP contribution is -2.29. The number of phenols is 1. The molecule has 1 heterocycles. The Balaban J connectivity index is 0.00000385. The van der Waals surface area contributed by atoms with Crippen LogP contribution in [0.5, 0.6) is 11.5 Å². The van der Waals surface area contributed by atoms with Crippen molar-refractivity contribution in [2.24, 2.45) is 0 Å². The molecule has 0 radical (unpaired) electrons. The maximum absolute atomic E-state index is 13.4. The first-order valence-corrected chi connectivity index (χ1v) is 11.7. The van der Waals surface area contributed by atoms with E-state index in [9.17, 15) is 28.4 Å². The standard InChI is InChI=1S/C20H24N4O7S.H2O/c1-4-23(5-2)9-8-21-19-16(31-32(3,29)30)11-15(24(27)28)18-17(19)20(26)13-10-12(25)6-7-14(13)22-18;/h6-7,10-11,21,25H,4-5,8-9H2,1-3H3,(H,22,26);1H2. The molecule has 0 bridgehead atoms. The van der Waals surface area contributed by atoms with E-state index in [0.717, 1.165) is 25.4 Å². The van der Waals surface area contributed by atoms with Crippen molar-refractivity contribution in [2.75, 3.05) is 37.8 Å². The van der Waals surface area contributed by atoms with Gasteiger partial charge in [-0.1, -0.05) is 13.8 Å². The molecule has 2 aromatic carbocycles. The number of likely N-dealkylation sites (N-methyl/N-ethyl adjacent to an activating group) is 1. The van der Waals surface area contributed by atoms with Crippen LogP contribution in [0.3, 0.4) is 0 Å². The Morgan fingerprint density at radius 3 is 2.48 bits per heavy atom. The number of H-pyrrole nitrogens is 1. The largest absolute Gasteiger partial charge is 0.508 e. The summed E-state index contributed by atoms with van der Waals surface area (Å²) in [6.07, 6.45) is 0.811. The number of hydrogen-bond donors (Lipinski definition) is 3. The van der Waals surface area contributed by atoms with Crippen molar-refractivity contribution < 1.29 is 28.1 Å². The highest BCUT2D eigenvalue weighted by molar-refractivity contribution is 7.86. The number of pyridine rings is 1. The molecule has 3 aromatic rings. The van der Waals surface area contributed by atoms with Gasteiger partial charge >= 0.3 is 10.1 Å². The summed E-state index contributed by atoms with van der Waals surface area (Å²) in [6, 6.07) is 5.00. The molecule has 0 aliphatic rings. The van der Waals surface area contributed by atoms with Crippen molar-refractivity contribution in [1.82, 2.24) is 9.88 Å². The minimum atomic E-state index is -4.05. The Morgan fingerprint density at radius 2 is 1.91 bits per heavy atom. The van der Waals surface area contributed by atoms with Crippen LogP contribution in [0.15, 0.2) is 29.1 Å². The number of phenolic OH excluding ortho intramolecular Hbond substituents is 1. The van der Waals surface area contributed by atoms with E-state index in [-0.39, 0.29) is 44.5 Å². The van der Waals surface area contributed by atoms with Crippen molar-refractivity contribution in [1.29, 1.82) is 0 Å². The Kier molecular flexibility index (Phi) is 7.84. The van der Waals surface area contributed by atoms with E-state index >= 15 is 0 Å². The van der Waals surface area contributed by atoms with Gasteiger partial charge in [0.25, 0.3) is 5.69 Å². The van der Waals surface area contributed by atoms with Crippen LogP contribution in [0.1, 0.15) is 13.8 Å². The molecule has 0 aliphatic heterocycles. The molecule has 1 aromatic heterocycles. The molecule has 3 rings (SSSR count). The first-order valence-electron chi connectivity index (χ1n) is 9.91. The summed E-state index contributed by atoms with van der Waals surface area (Å²) in [6.45, 7) is 6.47. The Morgan fingerprint density at radius 1 is 1.24 bits per heavy atom. The first kappa shape index (κ1) is 25.8. The third kappa shape index (κ3) is 5.50. The van der Waals surface area contributed by atoms with Crippen LogP contribution < -0.4 is 14.9 Å². The fourth-order valence-electron chi connectivity index (χ4n) is 3.52. The van der Waals surface area contributed by atoms with E-state index in [1.54, 1.807) is 0 Å².